The van der Waals surface area contributed by atoms with Crippen LogP contribution in [0.15, 0.2) is 34.3 Å². The summed E-state index contributed by atoms with van der Waals surface area (Å²) < 4.78 is 1.41. The molecule has 0 radical (unpaired) electrons. The predicted molar refractivity (Wildman–Crippen MR) is 63.0 cm³/mol. The molecule has 0 spiro atoms. The molecule has 0 saturated heterocycles. The first-order valence-electron chi connectivity index (χ1n) is 3.93. The molecule has 0 aliphatic rings. The Morgan fingerprint density at radius 2 is 2.08 bits per heavy atom. The van der Waals surface area contributed by atoms with E-state index in [1.165, 1.54) is 19.8 Å². The molecule has 0 fully saturated rings. The van der Waals surface area contributed by atoms with Gasteiger partial charge in [0.05, 0.1) is 0 Å². The van der Waals surface area contributed by atoms with E-state index < -0.39 is 0 Å². The van der Waals surface area contributed by atoms with Crippen molar-refractivity contribution in [2.75, 3.05) is 0 Å². The van der Waals surface area contributed by atoms with E-state index in [1.807, 2.05) is 22.7 Å². The van der Waals surface area contributed by atoms with Gasteiger partial charge in [0, 0.05) is 25.2 Å². The van der Waals surface area contributed by atoms with Gasteiger partial charge in [-0.15, -0.1) is 22.7 Å². The monoisotopic (exact) mass is 222 g/mol. The fraction of sp³-hybridized carbons (Fsp3) is 0. The second kappa shape index (κ2) is 2.94. The first-order chi connectivity index (χ1) is 6.43. The SMILES string of the molecule is c1csc(-c2cc3cscc3s2)c1. The maximum Gasteiger partial charge on any atom is 0.0456 e. The summed E-state index contributed by atoms with van der Waals surface area (Å²) in [6.07, 6.45) is 0. The summed E-state index contributed by atoms with van der Waals surface area (Å²) >= 11 is 5.47. The molecule has 0 aromatic carbocycles. The zero-order chi connectivity index (χ0) is 8.67. The third kappa shape index (κ3) is 1.24. The molecule has 0 aliphatic carbocycles. The van der Waals surface area contributed by atoms with Crippen molar-refractivity contribution < 1.29 is 0 Å². The molecule has 3 aromatic heterocycles. The number of thiophene rings is 3. The van der Waals surface area contributed by atoms with E-state index in [0.29, 0.717) is 0 Å². The van der Waals surface area contributed by atoms with E-state index in [-0.39, 0.29) is 0 Å². The van der Waals surface area contributed by atoms with Crippen molar-refractivity contribution in [2.24, 2.45) is 0 Å². The third-order valence-electron chi connectivity index (χ3n) is 1.93. The smallest absolute Gasteiger partial charge is 0.0456 e. The summed E-state index contributed by atoms with van der Waals surface area (Å²) in [6.45, 7) is 0. The van der Waals surface area contributed by atoms with E-state index in [0.717, 1.165) is 0 Å². The minimum absolute atomic E-state index is 1.38. The topological polar surface area (TPSA) is 0 Å². The minimum atomic E-state index is 1.38. The van der Waals surface area contributed by atoms with Crippen molar-refractivity contribution in [3.63, 3.8) is 0 Å². The maximum absolute atomic E-state index is 2.28. The minimum Gasteiger partial charge on any atom is -0.150 e. The lowest BCUT2D eigenvalue weighted by molar-refractivity contribution is 1.97. The molecule has 0 amide bonds. The normalized spacial score (nSPS) is 11.1. The van der Waals surface area contributed by atoms with Gasteiger partial charge in [0.2, 0.25) is 0 Å². The van der Waals surface area contributed by atoms with E-state index in [2.05, 4.69) is 34.3 Å². The molecular formula is C10H6S3. The molecule has 13 heavy (non-hydrogen) atoms. The molecule has 3 heterocycles. The van der Waals surface area contributed by atoms with Crippen LogP contribution in [0, 0.1) is 0 Å². The van der Waals surface area contributed by atoms with Crippen molar-refractivity contribution >= 4 is 44.1 Å². The lowest BCUT2D eigenvalue weighted by Gasteiger charge is -1.86. The summed E-state index contributed by atoms with van der Waals surface area (Å²) in [5, 5.41) is 7.95. The van der Waals surface area contributed by atoms with Gasteiger partial charge in [-0.25, -0.2) is 0 Å². The van der Waals surface area contributed by atoms with E-state index >= 15 is 0 Å². The Morgan fingerprint density at radius 1 is 1.08 bits per heavy atom. The van der Waals surface area contributed by atoms with Crippen molar-refractivity contribution in [3.8, 4) is 9.75 Å². The molecule has 0 atom stereocenters. The summed E-state index contributed by atoms with van der Waals surface area (Å²) in [5.74, 6) is 0. The molecule has 3 rings (SSSR count). The second-order valence-corrected chi connectivity index (χ2v) is 5.55. The van der Waals surface area contributed by atoms with Gasteiger partial charge >= 0.3 is 0 Å². The van der Waals surface area contributed by atoms with Crippen LogP contribution in [-0.2, 0) is 0 Å². The molecule has 3 heteroatoms. The molecule has 0 saturated carbocycles. The van der Waals surface area contributed by atoms with Crippen LogP contribution in [0.3, 0.4) is 0 Å². The highest BCUT2D eigenvalue weighted by Crippen LogP contribution is 2.37. The van der Waals surface area contributed by atoms with Gasteiger partial charge in [-0.1, -0.05) is 6.07 Å². The predicted octanol–water partition coefficient (Wildman–Crippen LogP) is 4.69. The summed E-state index contributed by atoms with van der Waals surface area (Å²) in [5.41, 5.74) is 0. The zero-order valence-electron chi connectivity index (χ0n) is 6.69. The van der Waals surface area contributed by atoms with Crippen LogP contribution in [0.2, 0.25) is 0 Å². The summed E-state index contributed by atoms with van der Waals surface area (Å²) in [4.78, 5) is 2.78. The Morgan fingerprint density at radius 3 is 2.85 bits per heavy atom. The quantitative estimate of drug-likeness (QED) is 0.560. The third-order valence-corrected chi connectivity index (χ3v) is 5.00. The first-order valence-corrected chi connectivity index (χ1v) is 6.57. The molecule has 0 aliphatic heterocycles. The molecular weight excluding hydrogens is 216 g/mol. The van der Waals surface area contributed by atoms with Crippen molar-refractivity contribution in [3.05, 3.63) is 34.3 Å². The standard InChI is InChI=1S/C10H6S3/c1-2-8(12-3-1)9-4-7-5-11-6-10(7)13-9/h1-6H. The van der Waals surface area contributed by atoms with Gasteiger partial charge in [-0.05, 0) is 22.9 Å². The van der Waals surface area contributed by atoms with Gasteiger partial charge < -0.3 is 0 Å². The number of rotatable bonds is 1. The van der Waals surface area contributed by atoms with Crippen molar-refractivity contribution in [1.29, 1.82) is 0 Å². The van der Waals surface area contributed by atoms with Gasteiger partial charge in [-0.2, -0.15) is 11.3 Å². The largest absolute Gasteiger partial charge is 0.150 e. The molecule has 64 valence electrons. The van der Waals surface area contributed by atoms with E-state index in [9.17, 15) is 0 Å². The highest BCUT2D eigenvalue weighted by Gasteiger charge is 2.04. The fourth-order valence-electron chi connectivity index (χ4n) is 1.31. The van der Waals surface area contributed by atoms with Crippen LogP contribution in [0.25, 0.3) is 19.8 Å². The van der Waals surface area contributed by atoms with Crippen LogP contribution in [0.1, 0.15) is 0 Å². The van der Waals surface area contributed by atoms with Crippen LogP contribution >= 0.6 is 34.0 Å². The average Bonchev–Trinajstić information content (AvgIpc) is 2.78. The van der Waals surface area contributed by atoms with Crippen LogP contribution < -0.4 is 0 Å². The first kappa shape index (κ1) is 7.74. The highest BCUT2D eigenvalue weighted by atomic mass is 32.1. The van der Waals surface area contributed by atoms with E-state index in [1.54, 1.807) is 11.3 Å². The molecule has 0 N–H and O–H groups in total. The summed E-state index contributed by atoms with van der Waals surface area (Å²) in [7, 11) is 0. The highest BCUT2D eigenvalue weighted by molar-refractivity contribution is 7.27. The van der Waals surface area contributed by atoms with Gasteiger partial charge in [0.1, 0.15) is 0 Å². The Bertz CT molecular complexity index is 485. The Labute approximate surface area is 88.1 Å². The molecule has 0 unspecified atom stereocenters. The zero-order valence-corrected chi connectivity index (χ0v) is 9.14. The summed E-state index contributed by atoms with van der Waals surface area (Å²) in [6, 6.07) is 6.56. The number of fused-ring (bicyclic) bond motifs is 1. The molecule has 0 bridgehead atoms. The lowest BCUT2D eigenvalue weighted by Crippen LogP contribution is -1.56. The average molecular weight is 222 g/mol. The Kier molecular flexibility index (Phi) is 1.75. The van der Waals surface area contributed by atoms with Gasteiger partial charge in [0.15, 0.2) is 0 Å². The lowest BCUT2D eigenvalue weighted by atomic mass is 10.3. The molecule has 0 nitrogen and oxygen atoms in total. The van der Waals surface area contributed by atoms with E-state index in [4.69, 9.17) is 0 Å². The Balaban J connectivity index is 2.23. The van der Waals surface area contributed by atoms with Crippen LogP contribution in [-0.4, -0.2) is 0 Å². The van der Waals surface area contributed by atoms with Gasteiger partial charge in [0.25, 0.3) is 0 Å². The van der Waals surface area contributed by atoms with Crippen molar-refractivity contribution in [1.82, 2.24) is 0 Å². The van der Waals surface area contributed by atoms with Gasteiger partial charge in [-0.3, -0.25) is 0 Å². The maximum atomic E-state index is 2.28. The van der Waals surface area contributed by atoms with Crippen molar-refractivity contribution in [2.45, 2.75) is 0 Å². The van der Waals surface area contributed by atoms with Crippen LogP contribution in [0.4, 0.5) is 0 Å². The second-order valence-electron chi connectivity index (χ2n) is 2.78. The number of hydrogen-bond acceptors (Lipinski definition) is 3. The molecule has 3 aromatic rings. The fourth-order valence-corrected chi connectivity index (χ4v) is 4.15. The van der Waals surface area contributed by atoms with Crippen LogP contribution in [0.5, 0.6) is 0 Å². The Hall–Kier alpha value is -0.640. The number of hydrogen-bond donors (Lipinski definition) is 0.